The average molecular weight is 436 g/mol. The summed E-state index contributed by atoms with van der Waals surface area (Å²) in [6, 6.07) is 12.6. The lowest BCUT2D eigenvalue weighted by atomic mass is 10.1. The Morgan fingerprint density at radius 3 is 2.81 bits per heavy atom. The number of anilines is 1. The highest BCUT2D eigenvalue weighted by atomic mass is 19.1. The van der Waals surface area contributed by atoms with Crippen LogP contribution in [0.25, 0.3) is 17.1 Å². The van der Waals surface area contributed by atoms with E-state index in [0.717, 1.165) is 0 Å². The lowest BCUT2D eigenvalue weighted by Gasteiger charge is -2.08. The fourth-order valence-corrected chi connectivity index (χ4v) is 2.85. The van der Waals surface area contributed by atoms with Crippen molar-refractivity contribution in [1.29, 1.82) is 0 Å². The third-order valence-corrected chi connectivity index (χ3v) is 4.25. The monoisotopic (exact) mass is 436 g/mol. The Labute approximate surface area is 180 Å². The number of halogens is 1. The van der Waals surface area contributed by atoms with E-state index in [1.807, 2.05) is 6.92 Å². The van der Waals surface area contributed by atoms with E-state index < -0.39 is 5.91 Å². The second-order valence-electron chi connectivity index (χ2n) is 6.38. The van der Waals surface area contributed by atoms with Crippen molar-refractivity contribution in [1.82, 2.24) is 30.7 Å². The van der Waals surface area contributed by atoms with Crippen LogP contribution in [0.5, 0.6) is 5.75 Å². The van der Waals surface area contributed by atoms with Gasteiger partial charge in [-0.25, -0.2) is 14.4 Å². The van der Waals surface area contributed by atoms with Crippen LogP contribution in [0.1, 0.15) is 23.0 Å². The van der Waals surface area contributed by atoms with E-state index in [0.29, 0.717) is 23.5 Å². The van der Waals surface area contributed by atoms with Gasteiger partial charge in [-0.2, -0.15) is 9.78 Å². The van der Waals surface area contributed by atoms with Gasteiger partial charge in [-0.15, -0.1) is 5.10 Å². The SMILES string of the molecule is CCOc1cccc(-c2c(C(=O)N/N=C\c3ccc(F)cc3)nnn2-c2nonc2N)c1. The Bertz CT molecular complexity index is 1270. The molecular weight excluding hydrogens is 419 g/mol. The molecule has 12 heteroatoms. The summed E-state index contributed by atoms with van der Waals surface area (Å²) < 4.78 is 24.5. The number of hydrazone groups is 1. The molecule has 4 aromatic rings. The molecule has 0 saturated heterocycles. The molecule has 162 valence electrons. The smallest absolute Gasteiger partial charge is 0.294 e. The Hall–Kier alpha value is -4.61. The number of nitrogens with two attached hydrogens (primary N) is 1. The fourth-order valence-electron chi connectivity index (χ4n) is 2.85. The summed E-state index contributed by atoms with van der Waals surface area (Å²) in [5, 5.41) is 19.2. The van der Waals surface area contributed by atoms with Gasteiger partial charge in [0.15, 0.2) is 5.69 Å². The Balaban J connectivity index is 1.69. The summed E-state index contributed by atoms with van der Waals surface area (Å²) in [5.74, 6) is -0.379. The van der Waals surface area contributed by atoms with Gasteiger partial charge >= 0.3 is 0 Å². The van der Waals surface area contributed by atoms with Gasteiger partial charge in [0.2, 0.25) is 11.6 Å². The number of hydrogen-bond acceptors (Lipinski definition) is 9. The minimum Gasteiger partial charge on any atom is -0.494 e. The van der Waals surface area contributed by atoms with E-state index in [4.69, 9.17) is 10.5 Å². The van der Waals surface area contributed by atoms with E-state index in [1.54, 1.807) is 24.3 Å². The minimum absolute atomic E-state index is 0.0293. The van der Waals surface area contributed by atoms with Crippen LogP contribution in [0.3, 0.4) is 0 Å². The average Bonchev–Trinajstić information content (AvgIpc) is 3.41. The molecule has 2 aromatic heterocycles. The molecule has 0 bridgehead atoms. The number of ether oxygens (including phenoxy) is 1. The van der Waals surface area contributed by atoms with Crippen molar-refractivity contribution in [2.24, 2.45) is 5.10 Å². The Morgan fingerprint density at radius 2 is 2.09 bits per heavy atom. The molecule has 0 aliphatic carbocycles. The van der Waals surface area contributed by atoms with Crippen LogP contribution in [0.15, 0.2) is 58.3 Å². The maximum Gasteiger partial charge on any atom is 0.294 e. The van der Waals surface area contributed by atoms with Gasteiger partial charge in [0.25, 0.3) is 5.91 Å². The summed E-state index contributed by atoms with van der Waals surface area (Å²) >= 11 is 0. The van der Waals surface area contributed by atoms with Crippen molar-refractivity contribution >= 4 is 17.9 Å². The van der Waals surface area contributed by atoms with Crippen molar-refractivity contribution in [2.75, 3.05) is 12.3 Å². The van der Waals surface area contributed by atoms with Crippen LogP contribution in [0.4, 0.5) is 10.2 Å². The molecule has 1 amide bonds. The first-order valence-corrected chi connectivity index (χ1v) is 9.43. The summed E-state index contributed by atoms with van der Waals surface area (Å²) in [4.78, 5) is 12.8. The van der Waals surface area contributed by atoms with Gasteiger partial charge in [0.1, 0.15) is 17.3 Å². The number of carbonyl (C=O) groups is 1. The second kappa shape index (κ2) is 9.04. The van der Waals surface area contributed by atoms with Crippen molar-refractivity contribution in [3.8, 4) is 22.8 Å². The van der Waals surface area contributed by atoms with Crippen LogP contribution < -0.4 is 15.9 Å². The Morgan fingerprint density at radius 1 is 1.28 bits per heavy atom. The number of nitrogens with one attached hydrogen (secondary N) is 1. The molecule has 0 spiro atoms. The number of hydrogen-bond donors (Lipinski definition) is 2. The number of carbonyl (C=O) groups excluding carboxylic acids is 1. The van der Waals surface area contributed by atoms with Gasteiger partial charge < -0.3 is 10.5 Å². The number of benzene rings is 2. The summed E-state index contributed by atoms with van der Waals surface area (Å²) in [7, 11) is 0. The predicted molar refractivity (Wildman–Crippen MR) is 112 cm³/mol. The third-order valence-electron chi connectivity index (χ3n) is 4.25. The van der Waals surface area contributed by atoms with Gasteiger partial charge in [-0.1, -0.05) is 29.5 Å². The molecule has 0 unspecified atom stereocenters. The van der Waals surface area contributed by atoms with Crippen molar-refractivity contribution < 1.29 is 18.6 Å². The molecule has 3 N–H and O–H groups in total. The number of rotatable bonds is 7. The zero-order chi connectivity index (χ0) is 22.5. The van der Waals surface area contributed by atoms with Crippen molar-refractivity contribution in [3.63, 3.8) is 0 Å². The molecule has 4 rings (SSSR count). The summed E-state index contributed by atoms with van der Waals surface area (Å²) in [6.45, 7) is 2.32. The number of amides is 1. The maximum atomic E-state index is 13.0. The molecule has 0 saturated carbocycles. The first-order chi connectivity index (χ1) is 15.6. The highest BCUT2D eigenvalue weighted by Gasteiger charge is 2.25. The predicted octanol–water partition coefficient (Wildman–Crippen LogP) is 2.20. The molecular formula is C20H17FN8O3. The van der Waals surface area contributed by atoms with Gasteiger partial charge in [0, 0.05) is 5.56 Å². The highest BCUT2D eigenvalue weighted by molar-refractivity contribution is 5.98. The zero-order valence-electron chi connectivity index (χ0n) is 16.8. The lowest BCUT2D eigenvalue weighted by Crippen LogP contribution is -2.19. The van der Waals surface area contributed by atoms with Crippen LogP contribution >= 0.6 is 0 Å². The van der Waals surface area contributed by atoms with Crippen LogP contribution in [0, 0.1) is 5.82 Å². The molecule has 11 nitrogen and oxygen atoms in total. The Kier molecular flexibility index (Phi) is 5.83. The number of nitrogens with zero attached hydrogens (tertiary/aromatic N) is 6. The first-order valence-electron chi connectivity index (χ1n) is 9.43. The zero-order valence-corrected chi connectivity index (χ0v) is 16.8. The maximum absolute atomic E-state index is 13.0. The normalized spacial score (nSPS) is 11.1. The second-order valence-corrected chi connectivity index (χ2v) is 6.38. The fraction of sp³-hybridized carbons (Fsp3) is 0.100. The summed E-state index contributed by atoms with van der Waals surface area (Å²) in [6.07, 6.45) is 1.37. The largest absolute Gasteiger partial charge is 0.494 e. The topological polar surface area (TPSA) is 146 Å². The molecule has 2 aromatic carbocycles. The highest BCUT2D eigenvalue weighted by Crippen LogP contribution is 2.29. The molecule has 2 heterocycles. The lowest BCUT2D eigenvalue weighted by molar-refractivity contribution is 0.0950. The molecule has 0 aliphatic rings. The first kappa shape index (κ1) is 20.7. The molecule has 0 aliphatic heterocycles. The number of aromatic nitrogens is 5. The quantitative estimate of drug-likeness (QED) is 0.331. The van der Waals surface area contributed by atoms with E-state index in [2.05, 4.69) is 35.8 Å². The summed E-state index contributed by atoms with van der Waals surface area (Å²) in [5.41, 5.74) is 9.59. The van der Waals surface area contributed by atoms with E-state index in [-0.39, 0.29) is 28.8 Å². The van der Waals surface area contributed by atoms with E-state index in [1.165, 1.54) is 35.2 Å². The van der Waals surface area contributed by atoms with E-state index >= 15 is 0 Å². The molecule has 0 atom stereocenters. The molecule has 0 fully saturated rings. The molecule has 0 radical (unpaired) electrons. The van der Waals surface area contributed by atoms with Crippen LogP contribution in [0.2, 0.25) is 0 Å². The van der Waals surface area contributed by atoms with Gasteiger partial charge in [-0.3, -0.25) is 4.79 Å². The van der Waals surface area contributed by atoms with Crippen molar-refractivity contribution in [3.05, 3.63) is 65.6 Å². The number of nitrogen functional groups attached to an aromatic ring is 1. The van der Waals surface area contributed by atoms with Crippen molar-refractivity contribution in [2.45, 2.75) is 6.92 Å². The standard InChI is InChI=1S/C20H17FN8O3/c1-2-31-15-5-3-4-13(10-15)17-16(24-28-29(17)19-18(22)26-32-27-19)20(30)25-23-11-12-6-8-14(21)9-7-12/h3-11H,2H2,1H3,(H2,22,26)(H,25,30)/b23-11-. The van der Waals surface area contributed by atoms with Gasteiger partial charge in [-0.05, 0) is 47.1 Å². The van der Waals surface area contributed by atoms with E-state index in [9.17, 15) is 9.18 Å². The molecule has 32 heavy (non-hydrogen) atoms. The minimum atomic E-state index is -0.638. The van der Waals surface area contributed by atoms with Crippen LogP contribution in [-0.4, -0.2) is 44.0 Å². The van der Waals surface area contributed by atoms with Gasteiger partial charge in [0.05, 0.1) is 12.8 Å². The third kappa shape index (κ3) is 4.28. The van der Waals surface area contributed by atoms with Crippen LogP contribution in [-0.2, 0) is 0 Å².